The smallest absolute Gasteiger partial charge is 0.256 e. The number of benzene rings is 1. The number of allylic oxidation sites excluding steroid dienone is 1. The zero-order valence-electron chi connectivity index (χ0n) is 20.4. The third kappa shape index (κ3) is 4.32. The van der Waals surface area contributed by atoms with Gasteiger partial charge in [-0.1, -0.05) is 40.2 Å². The lowest BCUT2D eigenvalue weighted by molar-refractivity contribution is -0.128. The summed E-state index contributed by atoms with van der Waals surface area (Å²) in [6.45, 7) is 0.762. The van der Waals surface area contributed by atoms with Gasteiger partial charge >= 0.3 is 0 Å². The largest absolute Gasteiger partial charge is 0.383 e. The second-order valence-electron chi connectivity index (χ2n) is 9.52. The number of fused-ring (bicyclic) bond motifs is 3. The first-order valence-electron chi connectivity index (χ1n) is 12.4. The van der Waals surface area contributed by atoms with Crippen LogP contribution in [0.5, 0.6) is 0 Å². The third-order valence-corrected chi connectivity index (χ3v) is 7.61. The number of nitrogens with zero attached hydrogens (tertiary/aromatic N) is 6. The van der Waals surface area contributed by atoms with Crippen molar-refractivity contribution in [3.8, 4) is 11.3 Å². The van der Waals surface area contributed by atoms with E-state index in [1.165, 1.54) is 6.33 Å². The lowest BCUT2D eigenvalue weighted by Crippen LogP contribution is -2.42. The van der Waals surface area contributed by atoms with Crippen molar-refractivity contribution >= 4 is 50.4 Å². The summed E-state index contributed by atoms with van der Waals surface area (Å²) in [5.74, 6) is 1.01. The van der Waals surface area contributed by atoms with Crippen molar-refractivity contribution in [1.29, 1.82) is 0 Å². The van der Waals surface area contributed by atoms with E-state index < -0.39 is 0 Å². The lowest BCUT2D eigenvalue weighted by atomic mass is 10.1. The number of hydrogen-bond donors (Lipinski definition) is 2. The topological polar surface area (TPSA) is 132 Å². The molecule has 1 saturated carbocycles. The highest BCUT2D eigenvalue weighted by Gasteiger charge is 2.48. The van der Waals surface area contributed by atoms with Gasteiger partial charge in [0.15, 0.2) is 5.65 Å². The number of piperidine rings is 1. The highest BCUT2D eigenvalue weighted by Crippen LogP contribution is 2.46. The molecule has 3 aromatic heterocycles. The Morgan fingerprint density at radius 2 is 1.89 bits per heavy atom. The van der Waals surface area contributed by atoms with Gasteiger partial charge in [-0.25, -0.2) is 19.6 Å². The van der Waals surface area contributed by atoms with Crippen molar-refractivity contribution in [3.63, 3.8) is 0 Å². The van der Waals surface area contributed by atoms with Gasteiger partial charge < -0.3 is 16.0 Å². The normalized spacial score (nSPS) is 20.4. The van der Waals surface area contributed by atoms with Crippen LogP contribution in [-0.2, 0) is 4.79 Å². The van der Waals surface area contributed by atoms with Crippen molar-refractivity contribution in [2.45, 2.75) is 24.9 Å². The molecule has 11 heteroatoms. The summed E-state index contributed by atoms with van der Waals surface area (Å²) >= 11 is 3.34. The second-order valence-corrected chi connectivity index (χ2v) is 10.2. The average Bonchev–Trinajstić information content (AvgIpc) is 3.66. The number of nitrogens with two attached hydrogens (primary N) is 1. The molecule has 1 aliphatic heterocycles. The summed E-state index contributed by atoms with van der Waals surface area (Å²) in [4.78, 5) is 40.4. The molecule has 3 N–H and O–H groups in total. The molecule has 4 aromatic rings. The Morgan fingerprint density at radius 1 is 1.08 bits per heavy atom. The molecule has 4 heterocycles. The SMILES string of the molecule is Nc1ncnc2c1c(-c1ccc(C(=O)Nc3ccccn3)cc1)nn2C1CC2CC1N(C(=O)C=CCBr)C2. The maximum atomic E-state index is 12.8. The van der Waals surface area contributed by atoms with E-state index in [0.717, 1.165) is 24.9 Å². The number of nitrogen functional groups attached to an aromatic ring is 1. The van der Waals surface area contributed by atoms with Crippen LogP contribution in [0.15, 0.2) is 67.1 Å². The number of pyridine rings is 1. The fraction of sp³-hybridized carbons (Fsp3) is 0.259. The molecular formula is C27H25BrN8O2. The Morgan fingerprint density at radius 3 is 2.63 bits per heavy atom. The number of hydrogen-bond acceptors (Lipinski definition) is 7. The molecule has 0 radical (unpaired) electrons. The number of amides is 2. The Bertz CT molecular complexity index is 1540. The summed E-state index contributed by atoms with van der Waals surface area (Å²) in [6.07, 6.45) is 8.38. The van der Waals surface area contributed by atoms with E-state index in [2.05, 4.69) is 36.2 Å². The number of nitrogens with one attached hydrogen (secondary N) is 1. The number of aromatic nitrogens is 5. The molecule has 192 valence electrons. The van der Waals surface area contributed by atoms with Gasteiger partial charge in [-0.05, 0) is 49.1 Å². The summed E-state index contributed by atoms with van der Waals surface area (Å²) in [5.41, 5.74) is 8.90. The van der Waals surface area contributed by atoms with Crippen LogP contribution in [-0.4, -0.2) is 59.4 Å². The zero-order chi connectivity index (χ0) is 26.2. The summed E-state index contributed by atoms with van der Waals surface area (Å²) < 4.78 is 1.92. The highest BCUT2D eigenvalue weighted by atomic mass is 79.9. The number of rotatable bonds is 6. The van der Waals surface area contributed by atoms with Crippen molar-refractivity contribution in [1.82, 2.24) is 29.6 Å². The predicted octanol–water partition coefficient (Wildman–Crippen LogP) is 3.84. The van der Waals surface area contributed by atoms with Gasteiger partial charge in [-0.2, -0.15) is 5.10 Å². The molecule has 2 amide bonds. The second kappa shape index (κ2) is 9.97. The minimum absolute atomic E-state index is 0.0101. The fourth-order valence-corrected chi connectivity index (χ4v) is 5.77. The molecule has 3 atom stereocenters. The molecular weight excluding hydrogens is 548 g/mol. The minimum atomic E-state index is -0.255. The molecule has 1 aromatic carbocycles. The number of carbonyl (C=O) groups is 2. The molecule has 2 fully saturated rings. The fourth-order valence-electron chi connectivity index (χ4n) is 5.58. The van der Waals surface area contributed by atoms with Crippen LogP contribution in [0.1, 0.15) is 29.2 Å². The number of alkyl halides is 1. The van der Waals surface area contributed by atoms with Crippen LogP contribution in [0.3, 0.4) is 0 Å². The van der Waals surface area contributed by atoms with E-state index >= 15 is 0 Å². The molecule has 10 nitrogen and oxygen atoms in total. The first-order chi connectivity index (χ1) is 18.5. The van der Waals surface area contributed by atoms with E-state index in [1.54, 1.807) is 36.5 Å². The summed E-state index contributed by atoms with van der Waals surface area (Å²) in [5, 5.41) is 9.07. The average molecular weight is 573 g/mol. The highest BCUT2D eigenvalue weighted by molar-refractivity contribution is 9.09. The van der Waals surface area contributed by atoms with E-state index in [9.17, 15) is 9.59 Å². The van der Waals surface area contributed by atoms with Crippen LogP contribution in [0.2, 0.25) is 0 Å². The maximum Gasteiger partial charge on any atom is 0.256 e. The van der Waals surface area contributed by atoms with Gasteiger partial charge in [0, 0.05) is 29.2 Å². The number of likely N-dealkylation sites (tertiary alicyclic amines) is 1. The van der Waals surface area contributed by atoms with Crippen LogP contribution in [0.4, 0.5) is 11.6 Å². The Hall–Kier alpha value is -4.12. The Labute approximate surface area is 227 Å². The summed E-state index contributed by atoms with van der Waals surface area (Å²) in [6, 6.07) is 12.5. The van der Waals surface area contributed by atoms with E-state index in [4.69, 9.17) is 10.8 Å². The minimum Gasteiger partial charge on any atom is -0.383 e. The van der Waals surface area contributed by atoms with E-state index in [0.29, 0.717) is 45.2 Å². The number of carbonyl (C=O) groups excluding carboxylic acids is 2. The first kappa shape index (κ1) is 24.2. The van der Waals surface area contributed by atoms with Gasteiger partial charge in [0.1, 0.15) is 23.7 Å². The van der Waals surface area contributed by atoms with Crippen molar-refractivity contribution in [2.75, 3.05) is 22.9 Å². The van der Waals surface area contributed by atoms with Crippen LogP contribution >= 0.6 is 15.9 Å². The van der Waals surface area contributed by atoms with Gasteiger partial charge in [0.05, 0.1) is 17.5 Å². The third-order valence-electron chi connectivity index (χ3n) is 7.24. The molecule has 0 spiro atoms. The first-order valence-corrected chi connectivity index (χ1v) is 13.5. The van der Waals surface area contributed by atoms with Crippen LogP contribution < -0.4 is 11.1 Å². The quantitative estimate of drug-likeness (QED) is 0.265. The van der Waals surface area contributed by atoms with Crippen LogP contribution in [0.25, 0.3) is 22.3 Å². The molecule has 2 aliphatic rings. The monoisotopic (exact) mass is 572 g/mol. The predicted molar refractivity (Wildman–Crippen MR) is 148 cm³/mol. The Balaban J connectivity index is 1.32. The molecule has 1 saturated heterocycles. The molecule has 6 rings (SSSR count). The zero-order valence-corrected chi connectivity index (χ0v) is 22.0. The van der Waals surface area contributed by atoms with Gasteiger partial charge in [0.25, 0.3) is 5.91 Å². The number of halogens is 1. The number of anilines is 2. The van der Waals surface area contributed by atoms with Gasteiger partial charge in [0.2, 0.25) is 5.91 Å². The maximum absolute atomic E-state index is 12.8. The van der Waals surface area contributed by atoms with Crippen LogP contribution in [0, 0.1) is 5.92 Å². The molecule has 2 bridgehead atoms. The summed E-state index contributed by atoms with van der Waals surface area (Å²) in [7, 11) is 0. The van der Waals surface area contributed by atoms with E-state index in [-0.39, 0.29) is 23.9 Å². The van der Waals surface area contributed by atoms with Crippen molar-refractivity contribution in [2.24, 2.45) is 5.92 Å². The van der Waals surface area contributed by atoms with Gasteiger partial charge in [-0.3, -0.25) is 9.59 Å². The molecule has 38 heavy (non-hydrogen) atoms. The Kier molecular flexibility index (Phi) is 6.36. The van der Waals surface area contributed by atoms with Crippen molar-refractivity contribution in [3.05, 3.63) is 72.7 Å². The standard InChI is InChI=1S/C27H25BrN8O2/c28-10-3-5-22(37)35-14-16-12-19(35)20(13-16)36-26-23(25(29)31-15-32-26)24(34-36)17-6-8-18(9-7-17)27(38)33-21-4-1-2-11-30-21/h1-9,11,15-16,19-20H,10,12-14H2,(H2,29,31,32)(H,30,33,38). The van der Waals surface area contributed by atoms with Crippen molar-refractivity contribution < 1.29 is 9.59 Å². The van der Waals surface area contributed by atoms with E-state index in [1.807, 2.05) is 33.9 Å². The lowest BCUT2D eigenvalue weighted by Gasteiger charge is -2.32. The van der Waals surface area contributed by atoms with Gasteiger partial charge in [-0.15, -0.1) is 0 Å². The molecule has 1 aliphatic carbocycles. The molecule has 3 unspecified atom stereocenters.